The van der Waals surface area contributed by atoms with Gasteiger partial charge in [0.15, 0.2) is 0 Å². The van der Waals surface area contributed by atoms with Crippen molar-refractivity contribution >= 4 is 11.9 Å². The molecule has 0 atom stereocenters. The molecule has 18 heavy (non-hydrogen) atoms. The molecule has 5 N–H and O–H groups in total. The maximum atomic E-state index is 11.3. The molecule has 1 rings (SSSR count). The minimum atomic E-state index is -0.837. The number of carbonyl (C=O) groups is 2. The van der Waals surface area contributed by atoms with Crippen LogP contribution in [0.2, 0.25) is 0 Å². The number of primary amides is 1. The summed E-state index contributed by atoms with van der Waals surface area (Å²) >= 11 is 0. The van der Waals surface area contributed by atoms with E-state index in [4.69, 9.17) is 11.5 Å². The van der Waals surface area contributed by atoms with Gasteiger partial charge in [-0.25, -0.2) is 4.79 Å². The van der Waals surface area contributed by atoms with E-state index in [0.29, 0.717) is 13.1 Å². The van der Waals surface area contributed by atoms with Gasteiger partial charge in [0.2, 0.25) is 5.91 Å². The zero-order valence-electron chi connectivity index (χ0n) is 10.3. The number of hydrogen-bond acceptors (Lipinski definition) is 4. The molecular formula is C12H18N4O2. The Labute approximate surface area is 106 Å². The predicted molar refractivity (Wildman–Crippen MR) is 68.4 cm³/mol. The van der Waals surface area contributed by atoms with Gasteiger partial charge in [-0.3, -0.25) is 15.0 Å². The van der Waals surface area contributed by atoms with E-state index in [9.17, 15) is 9.59 Å². The van der Waals surface area contributed by atoms with E-state index in [2.05, 4.69) is 0 Å². The van der Waals surface area contributed by atoms with Gasteiger partial charge in [0.05, 0.1) is 6.54 Å². The lowest BCUT2D eigenvalue weighted by atomic mass is 10.1. The summed E-state index contributed by atoms with van der Waals surface area (Å²) in [5.41, 5.74) is 12.6. The van der Waals surface area contributed by atoms with Crippen molar-refractivity contribution in [1.82, 2.24) is 10.2 Å². The van der Waals surface area contributed by atoms with E-state index in [0.717, 1.165) is 11.1 Å². The third-order valence-corrected chi connectivity index (χ3v) is 2.45. The standard InChI is InChI=1S/C12H18N4O2/c1-16(8-11(17)15-12(14)18)7-10-5-3-2-4-9(10)6-13/h2-5H,6-8,13H2,1H3,(H3,14,15,17,18). The van der Waals surface area contributed by atoms with Crippen LogP contribution in [0.15, 0.2) is 24.3 Å². The van der Waals surface area contributed by atoms with Gasteiger partial charge < -0.3 is 11.5 Å². The fourth-order valence-corrected chi connectivity index (χ4v) is 1.68. The Kier molecular flexibility index (Phi) is 5.29. The summed E-state index contributed by atoms with van der Waals surface area (Å²) in [7, 11) is 1.79. The molecule has 0 saturated heterocycles. The number of urea groups is 1. The van der Waals surface area contributed by atoms with Crippen LogP contribution in [-0.4, -0.2) is 30.4 Å². The number of carbonyl (C=O) groups excluding carboxylic acids is 2. The Balaban J connectivity index is 2.56. The lowest BCUT2D eigenvalue weighted by molar-refractivity contribution is -0.120. The van der Waals surface area contributed by atoms with Crippen molar-refractivity contribution in [2.24, 2.45) is 11.5 Å². The molecule has 0 saturated carbocycles. The summed E-state index contributed by atoms with van der Waals surface area (Å²) in [6.07, 6.45) is 0. The van der Waals surface area contributed by atoms with Crippen LogP contribution < -0.4 is 16.8 Å². The lowest BCUT2D eigenvalue weighted by Gasteiger charge is -2.17. The highest BCUT2D eigenvalue weighted by Gasteiger charge is 2.10. The van der Waals surface area contributed by atoms with Crippen molar-refractivity contribution in [2.75, 3.05) is 13.6 Å². The molecule has 3 amide bonds. The number of amides is 3. The normalized spacial score (nSPS) is 10.4. The first-order valence-corrected chi connectivity index (χ1v) is 5.57. The lowest BCUT2D eigenvalue weighted by Crippen LogP contribution is -2.41. The number of hydrogen-bond donors (Lipinski definition) is 3. The van der Waals surface area contributed by atoms with E-state index in [-0.39, 0.29) is 6.54 Å². The van der Waals surface area contributed by atoms with Crippen LogP contribution in [0.3, 0.4) is 0 Å². The third kappa shape index (κ3) is 4.52. The molecule has 6 heteroatoms. The van der Waals surface area contributed by atoms with Crippen molar-refractivity contribution in [2.45, 2.75) is 13.1 Å². The highest BCUT2D eigenvalue weighted by atomic mass is 16.2. The Morgan fingerprint density at radius 3 is 2.44 bits per heavy atom. The Morgan fingerprint density at radius 2 is 1.89 bits per heavy atom. The number of rotatable bonds is 5. The van der Waals surface area contributed by atoms with E-state index >= 15 is 0 Å². The van der Waals surface area contributed by atoms with E-state index < -0.39 is 11.9 Å². The van der Waals surface area contributed by atoms with Crippen molar-refractivity contribution in [3.8, 4) is 0 Å². The summed E-state index contributed by atoms with van der Waals surface area (Å²) in [6.45, 7) is 1.14. The van der Waals surface area contributed by atoms with Gasteiger partial charge in [-0.15, -0.1) is 0 Å². The molecule has 0 aliphatic rings. The van der Waals surface area contributed by atoms with Crippen LogP contribution in [0.4, 0.5) is 4.79 Å². The van der Waals surface area contributed by atoms with Gasteiger partial charge >= 0.3 is 6.03 Å². The van der Waals surface area contributed by atoms with Crippen LogP contribution in [-0.2, 0) is 17.9 Å². The number of likely N-dealkylation sites (N-methyl/N-ethyl adjacent to an activating group) is 1. The number of nitrogens with zero attached hydrogens (tertiary/aromatic N) is 1. The SMILES string of the molecule is CN(CC(=O)NC(N)=O)Cc1ccccc1CN. The van der Waals surface area contributed by atoms with Crippen LogP contribution in [0.1, 0.15) is 11.1 Å². The zero-order chi connectivity index (χ0) is 13.5. The molecule has 0 unspecified atom stereocenters. The summed E-state index contributed by atoms with van der Waals surface area (Å²) < 4.78 is 0. The van der Waals surface area contributed by atoms with Gasteiger partial charge in [0.25, 0.3) is 0 Å². The second-order valence-electron chi connectivity index (χ2n) is 4.06. The van der Waals surface area contributed by atoms with Gasteiger partial charge in [-0.2, -0.15) is 0 Å². The second-order valence-corrected chi connectivity index (χ2v) is 4.06. The number of nitrogens with two attached hydrogens (primary N) is 2. The average molecular weight is 250 g/mol. The van der Waals surface area contributed by atoms with Crippen LogP contribution >= 0.6 is 0 Å². The summed E-state index contributed by atoms with van der Waals surface area (Å²) in [5.74, 6) is -0.421. The molecule has 0 bridgehead atoms. The third-order valence-electron chi connectivity index (χ3n) is 2.45. The highest BCUT2D eigenvalue weighted by molar-refractivity contribution is 5.94. The molecule has 98 valence electrons. The van der Waals surface area contributed by atoms with E-state index in [1.165, 1.54) is 0 Å². The van der Waals surface area contributed by atoms with Crippen molar-refractivity contribution in [1.29, 1.82) is 0 Å². The molecule has 0 heterocycles. The Bertz CT molecular complexity index is 434. The first-order valence-electron chi connectivity index (χ1n) is 5.57. The maximum Gasteiger partial charge on any atom is 0.318 e. The van der Waals surface area contributed by atoms with E-state index in [1.807, 2.05) is 29.6 Å². The number of nitrogens with one attached hydrogen (secondary N) is 1. The zero-order valence-corrected chi connectivity index (χ0v) is 10.3. The Morgan fingerprint density at radius 1 is 1.28 bits per heavy atom. The molecule has 0 aromatic heterocycles. The van der Waals surface area contributed by atoms with Crippen molar-refractivity contribution < 1.29 is 9.59 Å². The van der Waals surface area contributed by atoms with Gasteiger partial charge in [-0.05, 0) is 18.2 Å². The highest BCUT2D eigenvalue weighted by Crippen LogP contribution is 2.09. The van der Waals surface area contributed by atoms with Gasteiger partial charge in [-0.1, -0.05) is 24.3 Å². The quantitative estimate of drug-likeness (QED) is 0.672. The minimum absolute atomic E-state index is 0.0991. The molecule has 0 spiro atoms. The molecule has 1 aromatic carbocycles. The average Bonchev–Trinajstić information content (AvgIpc) is 2.28. The fourth-order valence-electron chi connectivity index (χ4n) is 1.68. The summed E-state index contributed by atoms with van der Waals surface area (Å²) in [4.78, 5) is 23.6. The van der Waals surface area contributed by atoms with Crippen LogP contribution in [0, 0.1) is 0 Å². The number of imide groups is 1. The fraction of sp³-hybridized carbons (Fsp3) is 0.333. The van der Waals surface area contributed by atoms with Crippen LogP contribution in [0.25, 0.3) is 0 Å². The molecule has 6 nitrogen and oxygen atoms in total. The molecule has 0 aliphatic heterocycles. The molecule has 0 radical (unpaired) electrons. The maximum absolute atomic E-state index is 11.3. The Hall–Kier alpha value is -1.92. The van der Waals surface area contributed by atoms with Crippen LogP contribution in [0.5, 0.6) is 0 Å². The first-order chi connectivity index (χ1) is 8.52. The first kappa shape index (κ1) is 14.1. The topological polar surface area (TPSA) is 101 Å². The molecule has 0 fully saturated rings. The smallest absolute Gasteiger partial charge is 0.318 e. The minimum Gasteiger partial charge on any atom is -0.351 e. The van der Waals surface area contributed by atoms with Crippen molar-refractivity contribution in [3.63, 3.8) is 0 Å². The molecule has 1 aromatic rings. The van der Waals surface area contributed by atoms with Gasteiger partial charge in [0, 0.05) is 13.1 Å². The van der Waals surface area contributed by atoms with Crippen molar-refractivity contribution in [3.05, 3.63) is 35.4 Å². The monoisotopic (exact) mass is 250 g/mol. The second kappa shape index (κ2) is 6.73. The number of benzene rings is 1. The van der Waals surface area contributed by atoms with E-state index in [1.54, 1.807) is 11.9 Å². The predicted octanol–water partition coefficient (Wildman–Crippen LogP) is -0.228. The molecule has 0 aliphatic carbocycles. The molecular weight excluding hydrogens is 232 g/mol. The summed E-state index contributed by atoms with van der Waals surface area (Å²) in [6, 6.07) is 6.92. The largest absolute Gasteiger partial charge is 0.351 e. The van der Waals surface area contributed by atoms with Gasteiger partial charge in [0.1, 0.15) is 0 Å². The summed E-state index contributed by atoms with van der Waals surface area (Å²) in [5, 5.41) is 2.02.